The third kappa shape index (κ3) is 4.38. The number of aromatic nitrogens is 4. The van der Waals surface area contributed by atoms with Gasteiger partial charge in [0, 0.05) is 36.5 Å². The first-order valence-corrected chi connectivity index (χ1v) is 11.9. The molecule has 0 radical (unpaired) electrons. The normalized spacial score (nSPS) is 16.1. The number of nitrogens with one attached hydrogen (secondary N) is 1. The van der Waals surface area contributed by atoms with Gasteiger partial charge in [0.25, 0.3) is 5.78 Å². The minimum absolute atomic E-state index is 0.0712. The first-order valence-electron chi connectivity index (χ1n) is 11.9. The summed E-state index contributed by atoms with van der Waals surface area (Å²) in [6, 6.07) is 16.5. The van der Waals surface area contributed by atoms with Crippen LogP contribution in [-0.4, -0.2) is 38.6 Å². The van der Waals surface area contributed by atoms with E-state index in [4.69, 9.17) is 4.98 Å². The lowest BCUT2D eigenvalue weighted by Gasteiger charge is -2.35. The zero-order valence-corrected chi connectivity index (χ0v) is 20.0. The summed E-state index contributed by atoms with van der Waals surface area (Å²) in [5.41, 5.74) is 6.45. The fourth-order valence-electron chi connectivity index (χ4n) is 4.87. The maximum absolute atomic E-state index is 13.3. The molecule has 2 aromatic carbocycles. The monoisotopic (exact) mass is 454 g/mol. The predicted molar refractivity (Wildman–Crippen MR) is 134 cm³/mol. The highest BCUT2D eigenvalue weighted by atomic mass is 16.1. The molecule has 1 N–H and O–H groups in total. The highest BCUT2D eigenvalue weighted by molar-refractivity contribution is 5.93. The molecule has 0 aliphatic carbocycles. The topological polar surface area (TPSA) is 75.4 Å². The average molecular weight is 455 g/mol. The molecule has 174 valence electrons. The Hall–Kier alpha value is -3.74. The van der Waals surface area contributed by atoms with E-state index >= 15 is 0 Å². The fourth-order valence-corrected chi connectivity index (χ4v) is 4.87. The lowest BCUT2D eigenvalue weighted by atomic mass is 9.95. The summed E-state index contributed by atoms with van der Waals surface area (Å²) in [5, 5.41) is 7.66. The van der Waals surface area contributed by atoms with Gasteiger partial charge in [0.05, 0.1) is 5.92 Å². The molecule has 7 heteroatoms. The Morgan fingerprint density at radius 1 is 1.12 bits per heavy atom. The largest absolute Gasteiger partial charge is 0.355 e. The van der Waals surface area contributed by atoms with Crippen molar-refractivity contribution in [2.45, 2.75) is 40.0 Å². The number of carbonyl (C=O) groups excluding carboxylic acids is 1. The molecule has 1 atom stereocenters. The number of carbonyl (C=O) groups is 1. The molecule has 2 aromatic heterocycles. The molecule has 34 heavy (non-hydrogen) atoms. The number of aryl methyl sites for hydroxylation is 3. The van der Waals surface area contributed by atoms with Crippen molar-refractivity contribution in [3.8, 4) is 0 Å². The lowest BCUT2D eigenvalue weighted by Crippen LogP contribution is -2.42. The molecular weight excluding hydrogens is 424 g/mol. The third-order valence-corrected chi connectivity index (χ3v) is 6.66. The fraction of sp³-hybridized carbons (Fsp3) is 0.333. The highest BCUT2D eigenvalue weighted by Gasteiger charge is 2.30. The van der Waals surface area contributed by atoms with Crippen molar-refractivity contribution in [3.63, 3.8) is 0 Å². The Morgan fingerprint density at radius 2 is 1.94 bits per heavy atom. The van der Waals surface area contributed by atoms with Crippen molar-refractivity contribution in [1.82, 2.24) is 19.6 Å². The van der Waals surface area contributed by atoms with Gasteiger partial charge in [-0.05, 0) is 50.8 Å². The maximum atomic E-state index is 13.3. The minimum atomic E-state index is -0.105. The molecule has 1 fully saturated rings. The molecule has 1 saturated heterocycles. The van der Waals surface area contributed by atoms with Crippen molar-refractivity contribution in [2.24, 2.45) is 5.92 Å². The van der Waals surface area contributed by atoms with Gasteiger partial charge in [-0.1, -0.05) is 48.0 Å². The Morgan fingerprint density at radius 3 is 2.74 bits per heavy atom. The Balaban J connectivity index is 1.45. The second kappa shape index (κ2) is 9.25. The van der Waals surface area contributed by atoms with Gasteiger partial charge in [-0.15, -0.1) is 0 Å². The van der Waals surface area contributed by atoms with E-state index in [1.807, 2.05) is 36.6 Å². The van der Waals surface area contributed by atoms with E-state index in [1.165, 1.54) is 11.1 Å². The van der Waals surface area contributed by atoms with Gasteiger partial charge in [-0.3, -0.25) is 4.79 Å². The van der Waals surface area contributed by atoms with Gasteiger partial charge in [-0.25, -0.2) is 4.98 Å². The predicted octanol–water partition coefficient (Wildman–Crippen LogP) is 4.50. The molecule has 0 spiro atoms. The molecule has 5 rings (SSSR count). The number of fused-ring (bicyclic) bond motifs is 1. The molecule has 1 aliphatic rings. The molecule has 0 saturated carbocycles. The van der Waals surface area contributed by atoms with Crippen LogP contribution in [0.4, 0.5) is 11.5 Å². The Labute approximate surface area is 199 Å². The molecule has 1 amide bonds. The van der Waals surface area contributed by atoms with E-state index < -0.39 is 0 Å². The summed E-state index contributed by atoms with van der Waals surface area (Å²) in [5.74, 6) is 1.55. The van der Waals surface area contributed by atoms with E-state index in [-0.39, 0.29) is 11.8 Å². The summed E-state index contributed by atoms with van der Waals surface area (Å²) in [7, 11) is 0. The number of hydrogen-bond acceptors (Lipinski definition) is 5. The van der Waals surface area contributed by atoms with E-state index in [9.17, 15) is 4.79 Å². The van der Waals surface area contributed by atoms with E-state index in [1.54, 1.807) is 6.33 Å². The van der Waals surface area contributed by atoms with Gasteiger partial charge in [0.1, 0.15) is 12.1 Å². The standard InChI is InChI=1S/C27H30N6O/c1-18-11-12-24(19(2)14-18)31-25(34)22-10-7-13-32(16-22)26-23(15-21-8-5-4-6-9-21)20(3)30-27-28-17-29-33(26)27/h4-6,8-9,11-12,14,17,22H,7,10,13,15-16H2,1-3H3,(H,31,34)/t22-/m1/s1. The van der Waals surface area contributed by atoms with Crippen LogP contribution in [0.2, 0.25) is 0 Å². The Kier molecular flexibility index (Phi) is 6.01. The number of hydrogen-bond donors (Lipinski definition) is 1. The van der Waals surface area contributed by atoms with Crippen molar-refractivity contribution >= 4 is 23.2 Å². The summed E-state index contributed by atoms with van der Waals surface area (Å²) in [6.07, 6.45) is 4.10. The smallest absolute Gasteiger partial charge is 0.254 e. The maximum Gasteiger partial charge on any atom is 0.254 e. The van der Waals surface area contributed by atoms with E-state index in [0.717, 1.165) is 54.1 Å². The number of benzene rings is 2. The van der Waals surface area contributed by atoms with Gasteiger partial charge in [-0.2, -0.15) is 14.6 Å². The van der Waals surface area contributed by atoms with Crippen LogP contribution in [0, 0.1) is 26.7 Å². The van der Waals surface area contributed by atoms with Crippen LogP contribution in [0.25, 0.3) is 5.78 Å². The second-order valence-electron chi connectivity index (χ2n) is 9.23. The quantitative estimate of drug-likeness (QED) is 0.481. The molecule has 3 heterocycles. The average Bonchev–Trinajstić information content (AvgIpc) is 3.30. The second-order valence-corrected chi connectivity index (χ2v) is 9.23. The first kappa shape index (κ1) is 22.1. The van der Waals surface area contributed by atoms with Gasteiger partial charge < -0.3 is 10.2 Å². The van der Waals surface area contributed by atoms with E-state index in [0.29, 0.717) is 12.3 Å². The van der Waals surface area contributed by atoms with Crippen LogP contribution >= 0.6 is 0 Å². The minimum Gasteiger partial charge on any atom is -0.355 e. The molecule has 0 bridgehead atoms. The van der Waals surface area contributed by atoms with E-state index in [2.05, 4.69) is 57.6 Å². The number of anilines is 2. The van der Waals surface area contributed by atoms with Crippen LogP contribution in [-0.2, 0) is 11.2 Å². The van der Waals surface area contributed by atoms with Gasteiger partial charge in [0.2, 0.25) is 5.91 Å². The van der Waals surface area contributed by atoms with Crippen LogP contribution in [0.5, 0.6) is 0 Å². The summed E-state index contributed by atoms with van der Waals surface area (Å²) in [4.78, 5) is 24.6. The number of amides is 1. The summed E-state index contributed by atoms with van der Waals surface area (Å²) < 4.78 is 1.83. The third-order valence-electron chi connectivity index (χ3n) is 6.66. The highest BCUT2D eigenvalue weighted by Crippen LogP contribution is 2.30. The van der Waals surface area contributed by atoms with Crippen molar-refractivity contribution in [2.75, 3.05) is 23.3 Å². The van der Waals surface area contributed by atoms with Gasteiger partial charge in [0.15, 0.2) is 0 Å². The van der Waals surface area contributed by atoms with Crippen molar-refractivity contribution in [3.05, 3.63) is 82.8 Å². The lowest BCUT2D eigenvalue weighted by molar-refractivity contribution is -0.120. The van der Waals surface area contributed by atoms with Gasteiger partial charge >= 0.3 is 0 Å². The summed E-state index contributed by atoms with van der Waals surface area (Å²) in [6.45, 7) is 7.63. The molecule has 7 nitrogen and oxygen atoms in total. The van der Waals surface area contributed by atoms with Crippen LogP contribution < -0.4 is 10.2 Å². The van der Waals surface area contributed by atoms with Crippen LogP contribution in [0.1, 0.15) is 40.8 Å². The molecular formula is C27H30N6O. The number of nitrogens with zero attached hydrogens (tertiary/aromatic N) is 5. The van der Waals surface area contributed by atoms with Crippen LogP contribution in [0.15, 0.2) is 54.9 Å². The molecule has 1 aliphatic heterocycles. The van der Waals surface area contributed by atoms with Crippen molar-refractivity contribution in [1.29, 1.82) is 0 Å². The zero-order chi connectivity index (χ0) is 23.7. The van der Waals surface area contributed by atoms with Crippen LogP contribution in [0.3, 0.4) is 0 Å². The Bertz CT molecular complexity index is 1330. The first-order chi connectivity index (χ1) is 16.5. The number of rotatable bonds is 5. The SMILES string of the molecule is Cc1ccc(NC(=O)[C@@H]2CCCN(c3c(Cc4ccccc4)c(C)nc4ncnn34)C2)c(C)c1. The molecule has 0 unspecified atom stereocenters. The zero-order valence-electron chi connectivity index (χ0n) is 20.0. The molecule has 4 aromatic rings. The number of piperidine rings is 1. The van der Waals surface area contributed by atoms with Crippen molar-refractivity contribution < 1.29 is 4.79 Å². The summed E-state index contributed by atoms with van der Waals surface area (Å²) >= 11 is 0.